The van der Waals surface area contributed by atoms with Crippen molar-refractivity contribution in [1.29, 1.82) is 0 Å². The quantitative estimate of drug-likeness (QED) is 0.500. The molecule has 0 aromatic carbocycles. The minimum atomic E-state index is 0.991. The molecule has 6 heavy (non-hydrogen) atoms. The van der Waals surface area contributed by atoms with Crippen LogP contribution in [0.3, 0.4) is 0 Å². The molecule has 0 aromatic rings. The van der Waals surface area contributed by atoms with Gasteiger partial charge in [-0.3, -0.25) is 0 Å². The lowest BCUT2D eigenvalue weighted by Crippen LogP contribution is -1.71. The van der Waals surface area contributed by atoms with Gasteiger partial charge in [-0.25, -0.2) is 4.40 Å². The van der Waals surface area contributed by atoms with Gasteiger partial charge in [-0.1, -0.05) is 0 Å². The Bertz CT molecular complexity index is 80.9. The van der Waals surface area contributed by atoms with E-state index < -0.39 is 0 Å². The van der Waals surface area contributed by atoms with Gasteiger partial charge in [-0.15, -0.1) is 0 Å². The normalized spacial score (nSPS) is 21.2. The van der Waals surface area contributed by atoms with Crippen LogP contribution < -0.4 is 0 Å². The highest BCUT2D eigenvalue weighted by Crippen LogP contribution is 2.22. The van der Waals surface area contributed by atoms with E-state index in [0.717, 1.165) is 11.0 Å². The Morgan fingerprint density at radius 2 is 2.83 bits per heavy atom. The van der Waals surface area contributed by atoms with Crippen molar-refractivity contribution in [2.45, 2.75) is 6.42 Å². The van der Waals surface area contributed by atoms with E-state index in [2.05, 4.69) is 20.3 Å². The Morgan fingerprint density at radius 1 is 2.00 bits per heavy atom. The van der Waals surface area contributed by atoms with Gasteiger partial charge in [-0.05, 0) is 27.9 Å². The van der Waals surface area contributed by atoms with Gasteiger partial charge in [-0.2, -0.15) is 0 Å². The van der Waals surface area contributed by atoms with Crippen LogP contribution in [0, 0.1) is 5.75 Å². The predicted molar refractivity (Wildman–Crippen MR) is 32.9 cm³/mol. The summed E-state index contributed by atoms with van der Waals surface area (Å²) in [5.74, 6) is 2.05. The Balaban J connectivity index is 2.45. The van der Waals surface area contributed by atoms with Gasteiger partial charge in [0.25, 0.3) is 0 Å². The molecule has 0 aliphatic carbocycles. The van der Waals surface area contributed by atoms with Crippen molar-refractivity contribution >= 4 is 32.5 Å². The van der Waals surface area contributed by atoms with Crippen molar-refractivity contribution in [3.05, 3.63) is 5.75 Å². The predicted octanol–water partition coefficient (Wildman–Crippen LogP) is 1.99. The summed E-state index contributed by atoms with van der Waals surface area (Å²) >= 11 is 4.73. The molecule has 0 saturated heterocycles. The van der Waals surface area contributed by atoms with Crippen LogP contribution in [0.1, 0.15) is 6.42 Å². The van der Waals surface area contributed by atoms with E-state index in [1.165, 1.54) is 11.9 Å². The van der Waals surface area contributed by atoms with Crippen molar-refractivity contribution in [2.75, 3.05) is 0 Å². The molecule has 0 spiro atoms. The largest absolute Gasteiger partial charge is 0.213 e. The molecule has 1 radical (unpaired) electrons. The maximum atomic E-state index is 3.93. The molecule has 1 aliphatic heterocycles. The molecule has 0 atom stereocenters. The molecule has 3 heteroatoms. The lowest BCUT2D eigenvalue weighted by Gasteiger charge is -1.71. The highest BCUT2D eigenvalue weighted by molar-refractivity contribution is 9.18. The third kappa shape index (κ3) is 0.980. The van der Waals surface area contributed by atoms with Gasteiger partial charge >= 0.3 is 0 Å². The minimum absolute atomic E-state index is 0.991. The first-order chi connectivity index (χ1) is 2.89. The highest BCUT2D eigenvalue weighted by atomic mass is 79.9. The summed E-state index contributed by atoms with van der Waals surface area (Å²) in [6.07, 6.45) is 0.991. The van der Waals surface area contributed by atoms with Crippen LogP contribution in [0.2, 0.25) is 0 Å². The average Bonchev–Trinajstić information content (AvgIpc) is 1.86. The number of rotatable bonds is 0. The average molecular weight is 165 g/mol. The molecular weight excluding hydrogens is 162 g/mol. The van der Waals surface area contributed by atoms with Crippen LogP contribution in [0.15, 0.2) is 4.40 Å². The standard InChI is InChI=1S/C3H3BrNS/c4-3-1-2-6-5-3/h2H,1H2. The van der Waals surface area contributed by atoms with E-state index in [1.807, 2.05) is 5.75 Å². The van der Waals surface area contributed by atoms with Crippen LogP contribution in [0.25, 0.3) is 0 Å². The Morgan fingerprint density at radius 3 is 3.00 bits per heavy atom. The molecule has 0 bridgehead atoms. The van der Waals surface area contributed by atoms with E-state index in [9.17, 15) is 0 Å². The van der Waals surface area contributed by atoms with Crippen molar-refractivity contribution < 1.29 is 0 Å². The zero-order valence-corrected chi connectivity index (χ0v) is 5.42. The number of hydrogen-bond donors (Lipinski definition) is 0. The lowest BCUT2D eigenvalue weighted by atomic mass is 10.5. The van der Waals surface area contributed by atoms with Gasteiger partial charge < -0.3 is 0 Å². The summed E-state index contributed by atoms with van der Waals surface area (Å²) in [5, 5.41) is 0. The first-order valence-electron chi connectivity index (χ1n) is 1.59. The van der Waals surface area contributed by atoms with Crippen molar-refractivity contribution in [3.63, 3.8) is 0 Å². The third-order valence-corrected chi connectivity index (χ3v) is 1.86. The van der Waals surface area contributed by atoms with Crippen LogP contribution in [0.4, 0.5) is 0 Å². The Kier molecular flexibility index (Phi) is 1.54. The summed E-state index contributed by atoms with van der Waals surface area (Å²) in [6.45, 7) is 0. The third-order valence-electron chi connectivity index (χ3n) is 0.478. The van der Waals surface area contributed by atoms with Crippen LogP contribution in [-0.2, 0) is 0 Å². The fraction of sp³-hybridized carbons (Fsp3) is 0.333. The molecular formula is C3H3BrNS. The van der Waals surface area contributed by atoms with Gasteiger partial charge in [0.15, 0.2) is 0 Å². The van der Waals surface area contributed by atoms with Crippen molar-refractivity contribution in [3.8, 4) is 0 Å². The van der Waals surface area contributed by atoms with Crippen LogP contribution >= 0.6 is 27.9 Å². The molecule has 0 N–H and O–H groups in total. The first-order valence-corrected chi connectivity index (χ1v) is 3.22. The van der Waals surface area contributed by atoms with Crippen LogP contribution in [0.5, 0.6) is 0 Å². The fourth-order valence-electron chi connectivity index (χ4n) is 0.238. The smallest absolute Gasteiger partial charge is 0.0924 e. The maximum absolute atomic E-state index is 3.93. The zero-order chi connectivity index (χ0) is 4.41. The molecule has 0 unspecified atom stereocenters. The molecule has 1 rings (SSSR count). The number of hydrogen-bond acceptors (Lipinski definition) is 2. The summed E-state index contributed by atoms with van der Waals surface area (Å²) in [4.78, 5) is 0. The second-order valence-corrected chi connectivity index (χ2v) is 2.59. The molecule has 0 fully saturated rings. The highest BCUT2D eigenvalue weighted by Gasteiger charge is 2.00. The van der Waals surface area contributed by atoms with Crippen molar-refractivity contribution in [1.82, 2.24) is 0 Å². The summed E-state index contributed by atoms with van der Waals surface area (Å²) in [5.41, 5.74) is 0. The van der Waals surface area contributed by atoms with Gasteiger partial charge in [0, 0.05) is 12.2 Å². The summed E-state index contributed by atoms with van der Waals surface area (Å²) < 4.78 is 4.98. The molecule has 0 saturated carbocycles. The molecule has 0 amide bonds. The van der Waals surface area contributed by atoms with E-state index in [1.54, 1.807) is 0 Å². The van der Waals surface area contributed by atoms with Crippen molar-refractivity contribution in [2.24, 2.45) is 4.40 Å². The number of halogens is 1. The van der Waals surface area contributed by atoms with Gasteiger partial charge in [0.2, 0.25) is 0 Å². The zero-order valence-electron chi connectivity index (χ0n) is 3.02. The van der Waals surface area contributed by atoms with E-state index in [4.69, 9.17) is 0 Å². The fourth-order valence-corrected chi connectivity index (χ4v) is 1.36. The second-order valence-electron chi connectivity index (χ2n) is 0.944. The SMILES string of the molecule is BrC1=NS[CH]C1. The molecule has 1 nitrogen and oxygen atoms in total. The number of nitrogens with zero attached hydrogens (tertiary/aromatic N) is 1. The van der Waals surface area contributed by atoms with E-state index in [0.29, 0.717) is 0 Å². The molecule has 33 valence electrons. The Hall–Kier alpha value is 0.500. The topological polar surface area (TPSA) is 12.4 Å². The molecule has 1 heterocycles. The molecule has 1 aliphatic rings. The second kappa shape index (κ2) is 1.98. The Labute approximate surface area is 49.5 Å². The van der Waals surface area contributed by atoms with Gasteiger partial charge in [0.1, 0.15) is 0 Å². The van der Waals surface area contributed by atoms with E-state index in [-0.39, 0.29) is 0 Å². The minimum Gasteiger partial charge on any atom is -0.213 e. The lowest BCUT2D eigenvalue weighted by molar-refractivity contribution is 1.54. The van der Waals surface area contributed by atoms with Crippen LogP contribution in [-0.4, -0.2) is 4.62 Å². The monoisotopic (exact) mass is 164 g/mol. The van der Waals surface area contributed by atoms with Gasteiger partial charge in [0.05, 0.1) is 4.62 Å². The molecule has 0 aromatic heterocycles. The summed E-state index contributed by atoms with van der Waals surface area (Å²) in [6, 6.07) is 0. The first kappa shape index (κ1) is 4.65. The summed E-state index contributed by atoms with van der Waals surface area (Å²) in [7, 11) is 0. The van der Waals surface area contributed by atoms with E-state index >= 15 is 0 Å². The maximum Gasteiger partial charge on any atom is 0.0924 e.